The number of para-hydroxylation sites is 1. The van der Waals surface area contributed by atoms with Gasteiger partial charge in [-0.15, -0.1) is 0 Å². The van der Waals surface area contributed by atoms with E-state index >= 15 is 0 Å². The number of carbonyl (C=O) groups excluding carboxylic acids is 1. The van der Waals surface area contributed by atoms with Crippen molar-refractivity contribution in [1.82, 2.24) is 10.2 Å². The molecule has 0 spiro atoms. The number of hydrogen-bond donors (Lipinski definition) is 1. The number of nitrogens with zero attached hydrogens (tertiary/aromatic N) is 2. The standard InChI is InChI=1S/C19H29N3O2/c1-16-18(9-15-24-16)20-10-5-8-19(23)22-13-11-21(12-14-22)17-6-3-2-4-7-17/h2-4,6-7,16,18,20H,5,8-15H2,1H3/t16-,18+/m1/s1. The molecule has 3 rings (SSSR count). The van der Waals surface area contributed by atoms with Crippen molar-refractivity contribution < 1.29 is 9.53 Å². The van der Waals surface area contributed by atoms with Gasteiger partial charge in [0.2, 0.25) is 5.91 Å². The lowest BCUT2D eigenvalue weighted by atomic mass is 10.1. The molecule has 24 heavy (non-hydrogen) atoms. The molecule has 1 N–H and O–H groups in total. The molecular weight excluding hydrogens is 302 g/mol. The minimum absolute atomic E-state index is 0.292. The molecule has 1 amide bonds. The molecule has 0 unspecified atom stereocenters. The molecule has 0 saturated carbocycles. The smallest absolute Gasteiger partial charge is 0.222 e. The highest BCUT2D eigenvalue weighted by Gasteiger charge is 2.24. The first-order chi connectivity index (χ1) is 11.7. The number of amides is 1. The van der Waals surface area contributed by atoms with Crippen LogP contribution in [0, 0.1) is 0 Å². The molecule has 132 valence electrons. The lowest BCUT2D eigenvalue weighted by Gasteiger charge is -2.36. The van der Waals surface area contributed by atoms with E-state index in [0.717, 1.165) is 52.2 Å². The van der Waals surface area contributed by atoms with Gasteiger partial charge in [0.15, 0.2) is 0 Å². The lowest BCUT2D eigenvalue weighted by Crippen LogP contribution is -2.48. The summed E-state index contributed by atoms with van der Waals surface area (Å²) in [6, 6.07) is 10.9. The fourth-order valence-electron chi connectivity index (χ4n) is 3.54. The van der Waals surface area contributed by atoms with Crippen LogP contribution in [0.4, 0.5) is 5.69 Å². The van der Waals surface area contributed by atoms with Gasteiger partial charge in [-0.2, -0.15) is 0 Å². The SMILES string of the molecule is C[C@H]1OCC[C@@H]1NCCCC(=O)N1CCN(c2ccccc2)CC1. The number of rotatable bonds is 6. The van der Waals surface area contributed by atoms with Crippen molar-refractivity contribution >= 4 is 11.6 Å². The van der Waals surface area contributed by atoms with Gasteiger partial charge in [-0.3, -0.25) is 4.79 Å². The minimum Gasteiger partial charge on any atom is -0.377 e. The Bertz CT molecular complexity index is 515. The number of piperazine rings is 1. The van der Waals surface area contributed by atoms with Crippen molar-refractivity contribution in [3.8, 4) is 0 Å². The zero-order chi connectivity index (χ0) is 16.8. The van der Waals surface area contributed by atoms with Crippen molar-refractivity contribution in [1.29, 1.82) is 0 Å². The Morgan fingerprint density at radius 2 is 1.96 bits per heavy atom. The molecule has 2 fully saturated rings. The molecule has 1 aromatic carbocycles. The van der Waals surface area contributed by atoms with Crippen molar-refractivity contribution in [3.05, 3.63) is 30.3 Å². The van der Waals surface area contributed by atoms with Gasteiger partial charge in [0.25, 0.3) is 0 Å². The Hall–Kier alpha value is -1.59. The predicted octanol–water partition coefficient (Wildman–Crippen LogP) is 1.88. The molecule has 2 saturated heterocycles. The largest absolute Gasteiger partial charge is 0.377 e. The molecule has 2 heterocycles. The van der Waals surface area contributed by atoms with Crippen LogP contribution in [0.1, 0.15) is 26.2 Å². The van der Waals surface area contributed by atoms with E-state index in [9.17, 15) is 4.79 Å². The normalized spacial score (nSPS) is 24.4. The third kappa shape index (κ3) is 4.48. The molecule has 0 aliphatic carbocycles. The average Bonchev–Trinajstić information content (AvgIpc) is 3.04. The molecular formula is C19H29N3O2. The molecule has 1 aromatic rings. The highest BCUT2D eigenvalue weighted by atomic mass is 16.5. The minimum atomic E-state index is 0.292. The molecule has 2 atom stereocenters. The van der Waals surface area contributed by atoms with Crippen LogP contribution in [0.2, 0.25) is 0 Å². The molecule has 5 nitrogen and oxygen atoms in total. The van der Waals surface area contributed by atoms with Crippen LogP contribution in [-0.4, -0.2) is 62.3 Å². The molecule has 2 aliphatic heterocycles. The maximum Gasteiger partial charge on any atom is 0.222 e. The van der Waals surface area contributed by atoms with Gasteiger partial charge in [0, 0.05) is 50.9 Å². The van der Waals surface area contributed by atoms with E-state index < -0.39 is 0 Å². The monoisotopic (exact) mass is 331 g/mol. The zero-order valence-corrected chi connectivity index (χ0v) is 14.6. The van der Waals surface area contributed by atoms with Crippen molar-refractivity contribution in [2.45, 2.75) is 38.3 Å². The number of anilines is 1. The van der Waals surface area contributed by atoms with E-state index in [4.69, 9.17) is 4.74 Å². The first kappa shape index (κ1) is 17.2. The first-order valence-electron chi connectivity index (χ1n) is 9.17. The van der Waals surface area contributed by atoms with Crippen molar-refractivity contribution in [2.75, 3.05) is 44.2 Å². The Labute approximate surface area is 145 Å². The Kier molecular flexibility index (Phi) is 6.10. The van der Waals surface area contributed by atoms with Gasteiger partial charge in [0.05, 0.1) is 6.10 Å². The summed E-state index contributed by atoms with van der Waals surface area (Å²) in [5, 5.41) is 3.51. The summed E-state index contributed by atoms with van der Waals surface area (Å²) < 4.78 is 5.54. The third-order valence-electron chi connectivity index (χ3n) is 5.10. The maximum atomic E-state index is 12.4. The van der Waals surface area contributed by atoms with Crippen LogP contribution in [0.5, 0.6) is 0 Å². The molecule has 0 bridgehead atoms. The van der Waals surface area contributed by atoms with Crippen LogP contribution in [0.15, 0.2) is 30.3 Å². The Morgan fingerprint density at radius 3 is 2.62 bits per heavy atom. The van der Waals surface area contributed by atoms with Gasteiger partial charge >= 0.3 is 0 Å². The number of benzene rings is 1. The molecule has 5 heteroatoms. The molecule has 2 aliphatic rings. The topological polar surface area (TPSA) is 44.8 Å². The zero-order valence-electron chi connectivity index (χ0n) is 14.6. The quantitative estimate of drug-likeness (QED) is 0.809. The van der Waals surface area contributed by atoms with E-state index in [-0.39, 0.29) is 0 Å². The van der Waals surface area contributed by atoms with E-state index in [1.165, 1.54) is 5.69 Å². The maximum absolute atomic E-state index is 12.4. The predicted molar refractivity (Wildman–Crippen MR) is 96.3 cm³/mol. The van der Waals surface area contributed by atoms with Crippen LogP contribution in [0.25, 0.3) is 0 Å². The second-order valence-electron chi connectivity index (χ2n) is 6.73. The van der Waals surface area contributed by atoms with Gasteiger partial charge in [-0.1, -0.05) is 18.2 Å². The second-order valence-corrected chi connectivity index (χ2v) is 6.73. The lowest BCUT2D eigenvalue weighted by molar-refractivity contribution is -0.131. The highest BCUT2D eigenvalue weighted by Crippen LogP contribution is 2.16. The summed E-state index contributed by atoms with van der Waals surface area (Å²) in [6.07, 6.45) is 2.92. The first-order valence-corrected chi connectivity index (χ1v) is 9.17. The van der Waals surface area contributed by atoms with Crippen LogP contribution in [0.3, 0.4) is 0 Å². The van der Waals surface area contributed by atoms with Crippen molar-refractivity contribution in [3.63, 3.8) is 0 Å². The fraction of sp³-hybridized carbons (Fsp3) is 0.632. The van der Waals surface area contributed by atoms with Crippen LogP contribution < -0.4 is 10.2 Å². The van der Waals surface area contributed by atoms with E-state index in [2.05, 4.69) is 41.4 Å². The summed E-state index contributed by atoms with van der Waals surface area (Å²) in [5.41, 5.74) is 1.25. The average molecular weight is 331 g/mol. The second kappa shape index (κ2) is 8.49. The van der Waals surface area contributed by atoms with Crippen LogP contribution >= 0.6 is 0 Å². The third-order valence-corrected chi connectivity index (χ3v) is 5.10. The Morgan fingerprint density at radius 1 is 1.21 bits per heavy atom. The van der Waals surface area contributed by atoms with Gasteiger partial charge in [0.1, 0.15) is 0 Å². The van der Waals surface area contributed by atoms with Crippen LogP contribution in [-0.2, 0) is 9.53 Å². The summed E-state index contributed by atoms with van der Waals surface area (Å²) in [6.45, 7) is 7.36. The van der Waals surface area contributed by atoms with E-state index in [1.54, 1.807) is 0 Å². The molecule has 0 radical (unpaired) electrons. The van der Waals surface area contributed by atoms with Crippen molar-refractivity contribution in [2.24, 2.45) is 0 Å². The van der Waals surface area contributed by atoms with Gasteiger partial charge in [-0.25, -0.2) is 0 Å². The van der Waals surface area contributed by atoms with Gasteiger partial charge < -0.3 is 19.9 Å². The number of nitrogens with one attached hydrogen (secondary N) is 1. The van der Waals surface area contributed by atoms with E-state index in [1.807, 2.05) is 11.0 Å². The number of ether oxygens (including phenoxy) is 1. The summed E-state index contributed by atoms with van der Waals surface area (Å²) in [7, 11) is 0. The Balaban J connectivity index is 1.33. The summed E-state index contributed by atoms with van der Waals surface area (Å²) in [4.78, 5) is 16.7. The summed E-state index contributed by atoms with van der Waals surface area (Å²) >= 11 is 0. The van der Waals surface area contributed by atoms with Gasteiger partial charge in [-0.05, 0) is 38.4 Å². The number of hydrogen-bond acceptors (Lipinski definition) is 4. The summed E-state index contributed by atoms with van der Waals surface area (Å²) in [5.74, 6) is 0.292. The molecule has 0 aromatic heterocycles. The van der Waals surface area contributed by atoms with E-state index in [0.29, 0.717) is 24.5 Å². The number of carbonyl (C=O) groups is 1. The fourth-order valence-corrected chi connectivity index (χ4v) is 3.54. The highest BCUT2D eigenvalue weighted by molar-refractivity contribution is 5.76.